The highest BCUT2D eigenvalue weighted by Gasteiger charge is 2.22. The molecule has 5 heteroatoms. The van der Waals surface area contributed by atoms with Crippen LogP contribution < -0.4 is 5.32 Å². The monoisotopic (exact) mass is 348 g/mol. The minimum atomic E-state index is 0. The highest BCUT2D eigenvalue weighted by atomic mass is 35.5. The van der Waals surface area contributed by atoms with Crippen LogP contribution in [0.5, 0.6) is 0 Å². The third-order valence-corrected chi connectivity index (χ3v) is 4.49. The van der Waals surface area contributed by atoms with Crippen molar-refractivity contribution in [2.75, 3.05) is 20.1 Å². The van der Waals surface area contributed by atoms with Gasteiger partial charge in [-0.15, -0.1) is 12.4 Å². The Bertz CT molecular complexity index is 642. The SMILES string of the molecule is CNC1CCCN(C(=O)CCc2ccc(-c3ccccc3)o2)C1.Cl. The molecule has 0 spiro atoms. The van der Waals surface area contributed by atoms with Gasteiger partial charge in [0.25, 0.3) is 0 Å². The van der Waals surface area contributed by atoms with E-state index in [9.17, 15) is 4.79 Å². The Kier molecular flexibility index (Phi) is 6.88. The van der Waals surface area contributed by atoms with Gasteiger partial charge in [0.1, 0.15) is 11.5 Å². The predicted molar refractivity (Wildman–Crippen MR) is 98.4 cm³/mol. The highest BCUT2D eigenvalue weighted by molar-refractivity contribution is 5.85. The van der Waals surface area contributed by atoms with Crippen molar-refractivity contribution < 1.29 is 9.21 Å². The van der Waals surface area contributed by atoms with Gasteiger partial charge in [-0.3, -0.25) is 4.79 Å². The summed E-state index contributed by atoms with van der Waals surface area (Å²) < 4.78 is 5.87. The molecule has 1 amide bonds. The zero-order valence-corrected chi connectivity index (χ0v) is 14.8. The molecule has 0 radical (unpaired) electrons. The lowest BCUT2D eigenvalue weighted by Crippen LogP contribution is -2.47. The van der Waals surface area contributed by atoms with Gasteiger partial charge in [-0.1, -0.05) is 30.3 Å². The number of hydrogen-bond donors (Lipinski definition) is 1. The van der Waals surface area contributed by atoms with Crippen molar-refractivity contribution in [3.63, 3.8) is 0 Å². The first kappa shape index (κ1) is 18.6. The maximum atomic E-state index is 12.4. The number of hydrogen-bond acceptors (Lipinski definition) is 3. The fraction of sp³-hybridized carbons (Fsp3) is 0.421. The summed E-state index contributed by atoms with van der Waals surface area (Å²) in [6, 6.07) is 14.4. The van der Waals surface area contributed by atoms with E-state index >= 15 is 0 Å². The molecule has 0 aliphatic carbocycles. The van der Waals surface area contributed by atoms with Crippen molar-refractivity contribution >= 4 is 18.3 Å². The molecule has 1 unspecified atom stereocenters. The molecule has 130 valence electrons. The van der Waals surface area contributed by atoms with Crippen LogP contribution >= 0.6 is 12.4 Å². The zero-order chi connectivity index (χ0) is 16.1. The third kappa shape index (κ3) is 4.62. The van der Waals surface area contributed by atoms with E-state index in [1.54, 1.807) is 0 Å². The van der Waals surface area contributed by atoms with Crippen molar-refractivity contribution in [2.24, 2.45) is 0 Å². The van der Waals surface area contributed by atoms with Crippen molar-refractivity contribution in [3.05, 3.63) is 48.2 Å². The van der Waals surface area contributed by atoms with E-state index in [0.29, 0.717) is 18.9 Å². The predicted octanol–water partition coefficient (Wildman–Crippen LogP) is 3.51. The maximum absolute atomic E-state index is 12.4. The summed E-state index contributed by atoms with van der Waals surface area (Å²) in [5.74, 6) is 1.96. The Morgan fingerprint density at radius 2 is 2.04 bits per heavy atom. The van der Waals surface area contributed by atoms with E-state index in [1.807, 2.05) is 54.4 Å². The van der Waals surface area contributed by atoms with Crippen LogP contribution in [0.2, 0.25) is 0 Å². The number of amides is 1. The largest absolute Gasteiger partial charge is 0.461 e. The Morgan fingerprint density at radius 3 is 2.79 bits per heavy atom. The van der Waals surface area contributed by atoms with E-state index in [2.05, 4.69) is 5.32 Å². The van der Waals surface area contributed by atoms with Crippen LogP contribution in [0.15, 0.2) is 46.9 Å². The Balaban J connectivity index is 0.00000208. The Morgan fingerprint density at radius 1 is 1.25 bits per heavy atom. The van der Waals surface area contributed by atoms with Crippen molar-refractivity contribution in [3.8, 4) is 11.3 Å². The molecule has 1 fully saturated rings. The second kappa shape index (κ2) is 8.90. The number of carbonyl (C=O) groups excluding carboxylic acids is 1. The second-order valence-electron chi connectivity index (χ2n) is 6.10. The number of piperidine rings is 1. The van der Waals surface area contributed by atoms with Gasteiger partial charge in [0, 0.05) is 37.5 Å². The average molecular weight is 349 g/mol. The standard InChI is InChI=1S/C19H24N2O2.ClH/c1-20-16-8-5-13-21(14-16)19(22)12-10-17-9-11-18(23-17)15-6-3-2-4-7-15;/h2-4,6-7,9,11,16,20H,5,8,10,12-14H2,1H3;1H. The molecule has 1 atom stereocenters. The number of aryl methyl sites for hydroxylation is 1. The molecule has 2 aromatic rings. The van der Waals surface area contributed by atoms with E-state index < -0.39 is 0 Å². The maximum Gasteiger partial charge on any atom is 0.223 e. The molecule has 1 saturated heterocycles. The number of nitrogens with zero attached hydrogens (tertiary/aromatic N) is 1. The van der Waals surface area contributed by atoms with Gasteiger partial charge in [0.05, 0.1) is 0 Å². The lowest BCUT2D eigenvalue weighted by molar-refractivity contribution is -0.132. The highest BCUT2D eigenvalue weighted by Crippen LogP contribution is 2.22. The van der Waals surface area contributed by atoms with Gasteiger partial charge in [-0.2, -0.15) is 0 Å². The van der Waals surface area contributed by atoms with E-state index in [1.165, 1.54) is 0 Å². The van der Waals surface area contributed by atoms with Gasteiger partial charge in [0.15, 0.2) is 0 Å². The van der Waals surface area contributed by atoms with Crippen LogP contribution in [-0.2, 0) is 11.2 Å². The van der Waals surface area contributed by atoms with E-state index in [0.717, 1.165) is 43.0 Å². The zero-order valence-electron chi connectivity index (χ0n) is 14.0. The minimum absolute atomic E-state index is 0. The summed E-state index contributed by atoms with van der Waals surface area (Å²) in [6.45, 7) is 1.70. The van der Waals surface area contributed by atoms with Crippen molar-refractivity contribution in [1.29, 1.82) is 0 Å². The van der Waals surface area contributed by atoms with E-state index in [4.69, 9.17) is 4.42 Å². The molecule has 24 heavy (non-hydrogen) atoms. The minimum Gasteiger partial charge on any atom is -0.461 e. The number of nitrogens with one attached hydrogen (secondary N) is 1. The van der Waals surface area contributed by atoms with Crippen LogP contribution in [0.4, 0.5) is 0 Å². The van der Waals surface area contributed by atoms with Crippen molar-refractivity contribution in [2.45, 2.75) is 31.7 Å². The molecule has 2 heterocycles. The van der Waals surface area contributed by atoms with Gasteiger partial charge in [-0.25, -0.2) is 0 Å². The number of carbonyl (C=O) groups is 1. The fourth-order valence-electron chi connectivity index (χ4n) is 3.10. The van der Waals surface area contributed by atoms with Gasteiger partial charge in [-0.05, 0) is 32.0 Å². The normalized spacial score (nSPS) is 17.4. The molecule has 1 aliphatic rings. The second-order valence-corrected chi connectivity index (χ2v) is 6.10. The first-order chi connectivity index (χ1) is 11.3. The van der Waals surface area contributed by atoms with Crippen molar-refractivity contribution in [1.82, 2.24) is 10.2 Å². The summed E-state index contributed by atoms with van der Waals surface area (Å²) in [5, 5.41) is 3.27. The van der Waals surface area contributed by atoms with Gasteiger partial charge in [0.2, 0.25) is 5.91 Å². The Hall–Kier alpha value is -1.78. The quantitative estimate of drug-likeness (QED) is 0.899. The molecule has 1 aromatic carbocycles. The molecule has 1 N–H and O–H groups in total. The van der Waals surface area contributed by atoms with Crippen LogP contribution in [0.1, 0.15) is 25.0 Å². The van der Waals surface area contributed by atoms with Crippen LogP contribution in [0.25, 0.3) is 11.3 Å². The number of furan rings is 1. The Labute approximate surface area is 149 Å². The molecule has 1 aliphatic heterocycles. The number of benzene rings is 1. The van der Waals surface area contributed by atoms with Crippen LogP contribution in [0, 0.1) is 0 Å². The number of rotatable bonds is 5. The summed E-state index contributed by atoms with van der Waals surface area (Å²) in [5.41, 5.74) is 1.07. The molecule has 3 rings (SSSR count). The number of likely N-dealkylation sites (N-methyl/N-ethyl adjacent to an activating group) is 1. The molecule has 0 saturated carbocycles. The summed E-state index contributed by atoms with van der Waals surface area (Å²) in [6.07, 6.45) is 3.40. The summed E-state index contributed by atoms with van der Waals surface area (Å²) in [7, 11) is 1.96. The lowest BCUT2D eigenvalue weighted by Gasteiger charge is -2.32. The first-order valence-corrected chi connectivity index (χ1v) is 8.35. The molecular formula is C19H25ClN2O2. The first-order valence-electron chi connectivity index (χ1n) is 8.35. The summed E-state index contributed by atoms with van der Waals surface area (Å²) >= 11 is 0. The third-order valence-electron chi connectivity index (χ3n) is 4.49. The molecular weight excluding hydrogens is 324 g/mol. The molecule has 0 bridgehead atoms. The van der Waals surface area contributed by atoms with Gasteiger partial charge < -0.3 is 14.6 Å². The van der Waals surface area contributed by atoms with Gasteiger partial charge >= 0.3 is 0 Å². The van der Waals surface area contributed by atoms with Crippen LogP contribution in [0.3, 0.4) is 0 Å². The van der Waals surface area contributed by atoms with Crippen LogP contribution in [-0.4, -0.2) is 37.0 Å². The molecule has 1 aromatic heterocycles. The smallest absolute Gasteiger partial charge is 0.223 e. The fourth-order valence-corrected chi connectivity index (χ4v) is 3.10. The topological polar surface area (TPSA) is 45.5 Å². The lowest BCUT2D eigenvalue weighted by atomic mass is 10.1. The summed E-state index contributed by atoms with van der Waals surface area (Å²) in [4.78, 5) is 14.3. The molecule has 4 nitrogen and oxygen atoms in total. The number of halogens is 1. The average Bonchev–Trinajstić information content (AvgIpc) is 3.09. The van der Waals surface area contributed by atoms with E-state index in [-0.39, 0.29) is 18.3 Å². The number of likely N-dealkylation sites (tertiary alicyclic amines) is 1.